The number of unbranched alkanes of at least 4 members (excludes halogenated alkanes) is 12. The summed E-state index contributed by atoms with van der Waals surface area (Å²) in [5.41, 5.74) is 0. The van der Waals surface area contributed by atoms with Crippen LogP contribution in [0.1, 0.15) is 110 Å². The number of phosphoric ester groups is 1. The van der Waals surface area contributed by atoms with Crippen LogP contribution in [0, 0.1) is 0 Å². The summed E-state index contributed by atoms with van der Waals surface area (Å²) in [6.07, 6.45) is 26.8. The summed E-state index contributed by atoms with van der Waals surface area (Å²) in [5.74, 6) is -0.493. The molecule has 0 aromatic rings. The van der Waals surface area contributed by atoms with Crippen LogP contribution in [0.2, 0.25) is 0 Å². The zero-order chi connectivity index (χ0) is 30.0. The van der Waals surface area contributed by atoms with Crippen LogP contribution < -0.4 is 0 Å². The molecule has 40 heavy (non-hydrogen) atoms. The quantitative estimate of drug-likeness (QED) is 0.0327. The van der Waals surface area contributed by atoms with E-state index < -0.39 is 19.9 Å². The van der Waals surface area contributed by atoms with Crippen molar-refractivity contribution in [2.24, 2.45) is 0 Å². The second kappa shape index (κ2) is 25.7. The molecule has 8 nitrogen and oxygen atoms in total. The number of rotatable bonds is 28. The van der Waals surface area contributed by atoms with Crippen molar-refractivity contribution in [2.45, 2.75) is 116 Å². The summed E-state index contributed by atoms with van der Waals surface area (Å²) in [7, 11) is 1.65. The number of likely N-dealkylation sites (N-methyl/N-ethyl adjacent to an activating group) is 1. The van der Waals surface area contributed by atoms with Crippen molar-refractivity contribution in [3.8, 4) is 0 Å². The third kappa shape index (κ3) is 30.0. The van der Waals surface area contributed by atoms with E-state index in [1.165, 1.54) is 84.0 Å². The molecule has 0 rings (SSSR count). The molecule has 9 heteroatoms. The lowest BCUT2D eigenvalue weighted by atomic mass is 10.1. The number of esters is 1. The van der Waals surface area contributed by atoms with Crippen molar-refractivity contribution < 1.29 is 37.3 Å². The number of hydrogen-bond acceptors (Lipinski definition) is 6. The molecular formula is C31H61NO7P+. The van der Waals surface area contributed by atoms with Crippen molar-refractivity contribution in [3.05, 3.63) is 24.3 Å². The Labute approximate surface area is 245 Å². The Hall–Kier alpha value is -1.02. The fraction of sp³-hybridized carbons (Fsp3) is 0.839. The van der Waals surface area contributed by atoms with E-state index in [0.29, 0.717) is 17.6 Å². The molecule has 0 aliphatic rings. The van der Waals surface area contributed by atoms with Gasteiger partial charge in [0.25, 0.3) is 0 Å². The zero-order valence-corrected chi connectivity index (χ0v) is 27.2. The van der Waals surface area contributed by atoms with Crippen LogP contribution in [0.5, 0.6) is 0 Å². The maximum absolute atomic E-state index is 12.1. The molecule has 0 bridgehead atoms. The predicted octanol–water partition coefficient (Wildman–Crippen LogP) is 7.76. The lowest BCUT2D eigenvalue weighted by Crippen LogP contribution is -2.37. The van der Waals surface area contributed by atoms with Crippen LogP contribution in [0.15, 0.2) is 24.3 Å². The van der Waals surface area contributed by atoms with Crippen molar-refractivity contribution in [1.29, 1.82) is 0 Å². The van der Waals surface area contributed by atoms with Gasteiger partial charge >= 0.3 is 13.8 Å². The van der Waals surface area contributed by atoms with Crippen molar-refractivity contribution in [1.82, 2.24) is 0 Å². The van der Waals surface area contributed by atoms with Gasteiger partial charge in [0.2, 0.25) is 0 Å². The minimum absolute atomic E-state index is 0.0841. The third-order valence-corrected chi connectivity index (χ3v) is 7.30. The van der Waals surface area contributed by atoms with E-state index in [-0.39, 0.29) is 19.8 Å². The van der Waals surface area contributed by atoms with Crippen molar-refractivity contribution in [2.75, 3.05) is 54.1 Å². The monoisotopic (exact) mass is 590 g/mol. The first-order valence-corrected chi connectivity index (χ1v) is 17.0. The maximum Gasteiger partial charge on any atom is 0.472 e. The Bertz CT molecular complexity index is 706. The standard InChI is InChI=1S/C31H60NO7P/c1-6-7-8-9-10-11-12-13-14-15-16-17-18-19-20-21-22-23-24-26-36-28-31(39-30(2)33)29-38-40(34,35)37-27-25-32(3,4)5/h11-12,14-15,31H,6-10,13,16-29H2,1-5H3/p+1/b12-11-,15-14-. The van der Waals surface area contributed by atoms with Gasteiger partial charge in [-0.2, -0.15) is 0 Å². The normalized spacial score (nSPS) is 14.7. The fourth-order valence-electron chi connectivity index (χ4n) is 3.93. The second-order valence-electron chi connectivity index (χ2n) is 11.6. The SMILES string of the molecule is CCCCCC/C=C\C/C=C\CCCCCCCCCCOCC(COP(=O)(O)OCC[N+](C)(C)C)OC(C)=O. The molecular weight excluding hydrogens is 529 g/mol. The Balaban J connectivity index is 3.73. The molecule has 2 atom stereocenters. The fourth-order valence-corrected chi connectivity index (χ4v) is 4.67. The number of hydrogen-bond donors (Lipinski definition) is 1. The van der Waals surface area contributed by atoms with Gasteiger partial charge in [0, 0.05) is 13.5 Å². The van der Waals surface area contributed by atoms with Gasteiger partial charge in [-0.3, -0.25) is 13.8 Å². The van der Waals surface area contributed by atoms with Crippen molar-refractivity contribution in [3.63, 3.8) is 0 Å². The van der Waals surface area contributed by atoms with E-state index in [9.17, 15) is 14.3 Å². The highest BCUT2D eigenvalue weighted by atomic mass is 31.2. The van der Waals surface area contributed by atoms with Crippen LogP contribution >= 0.6 is 7.82 Å². The molecule has 2 unspecified atom stereocenters. The van der Waals surface area contributed by atoms with E-state index in [0.717, 1.165) is 19.3 Å². The predicted molar refractivity (Wildman–Crippen MR) is 164 cm³/mol. The van der Waals surface area contributed by atoms with Gasteiger partial charge in [-0.05, 0) is 38.5 Å². The molecule has 0 radical (unpaired) electrons. The summed E-state index contributed by atoms with van der Waals surface area (Å²) in [6, 6.07) is 0. The van der Waals surface area contributed by atoms with E-state index in [2.05, 4.69) is 31.2 Å². The number of ether oxygens (including phenoxy) is 2. The lowest BCUT2D eigenvalue weighted by molar-refractivity contribution is -0.870. The number of quaternary nitrogens is 1. The zero-order valence-electron chi connectivity index (χ0n) is 26.3. The van der Waals surface area contributed by atoms with E-state index in [1.807, 2.05) is 21.1 Å². The number of carbonyl (C=O) groups excluding carboxylic acids is 1. The van der Waals surface area contributed by atoms with Crippen LogP contribution in [0.25, 0.3) is 0 Å². The summed E-state index contributed by atoms with van der Waals surface area (Å²) < 4.78 is 33.5. The molecule has 0 aromatic heterocycles. The maximum atomic E-state index is 12.1. The molecule has 1 N–H and O–H groups in total. The van der Waals surface area contributed by atoms with Gasteiger partial charge < -0.3 is 18.9 Å². The summed E-state index contributed by atoms with van der Waals surface area (Å²) >= 11 is 0. The Morgan fingerprint density at radius 3 is 1.88 bits per heavy atom. The van der Waals surface area contributed by atoms with Gasteiger partial charge in [-0.15, -0.1) is 0 Å². The van der Waals surface area contributed by atoms with Crippen LogP contribution in [-0.2, 0) is 27.9 Å². The minimum atomic E-state index is -4.22. The Kier molecular flexibility index (Phi) is 25.0. The topological polar surface area (TPSA) is 91.3 Å². The minimum Gasteiger partial charge on any atom is -0.458 e. The first-order chi connectivity index (χ1) is 19.1. The highest BCUT2D eigenvalue weighted by Gasteiger charge is 2.25. The van der Waals surface area contributed by atoms with Crippen molar-refractivity contribution >= 4 is 13.8 Å². The van der Waals surface area contributed by atoms with Crippen LogP contribution in [-0.4, -0.2) is 75.6 Å². The summed E-state index contributed by atoms with van der Waals surface area (Å²) in [6.45, 7) is 4.58. The number of carbonyl (C=O) groups is 1. The molecule has 0 saturated heterocycles. The number of nitrogens with zero attached hydrogens (tertiary/aromatic N) is 1. The molecule has 0 saturated carbocycles. The van der Waals surface area contributed by atoms with Gasteiger partial charge in [0.15, 0.2) is 0 Å². The molecule has 0 fully saturated rings. The first-order valence-electron chi connectivity index (χ1n) is 15.5. The Morgan fingerprint density at radius 1 is 0.775 bits per heavy atom. The van der Waals surface area contributed by atoms with Crippen LogP contribution in [0.4, 0.5) is 0 Å². The molecule has 0 aromatic carbocycles. The highest BCUT2D eigenvalue weighted by molar-refractivity contribution is 7.47. The smallest absolute Gasteiger partial charge is 0.458 e. The van der Waals surface area contributed by atoms with Gasteiger partial charge in [0.1, 0.15) is 19.3 Å². The average Bonchev–Trinajstić information content (AvgIpc) is 2.87. The molecule has 0 heterocycles. The lowest BCUT2D eigenvalue weighted by Gasteiger charge is -2.24. The average molecular weight is 591 g/mol. The van der Waals surface area contributed by atoms with Gasteiger partial charge in [-0.25, -0.2) is 4.57 Å². The van der Waals surface area contributed by atoms with Gasteiger partial charge in [0.05, 0.1) is 34.4 Å². The highest BCUT2D eigenvalue weighted by Crippen LogP contribution is 2.43. The largest absolute Gasteiger partial charge is 0.472 e. The second-order valence-corrected chi connectivity index (χ2v) is 13.0. The summed E-state index contributed by atoms with van der Waals surface area (Å²) in [5, 5.41) is 0. The van der Waals surface area contributed by atoms with E-state index >= 15 is 0 Å². The summed E-state index contributed by atoms with van der Waals surface area (Å²) in [4.78, 5) is 21.2. The van der Waals surface area contributed by atoms with Crippen LogP contribution in [0.3, 0.4) is 0 Å². The van der Waals surface area contributed by atoms with Gasteiger partial charge in [-0.1, -0.05) is 89.0 Å². The molecule has 236 valence electrons. The molecule has 0 amide bonds. The number of allylic oxidation sites excluding steroid dienone is 4. The first kappa shape index (κ1) is 39.0. The van der Waals surface area contributed by atoms with E-state index in [4.69, 9.17) is 18.5 Å². The van der Waals surface area contributed by atoms with E-state index in [1.54, 1.807) is 0 Å². The third-order valence-electron chi connectivity index (χ3n) is 6.32. The number of phosphoric acid groups is 1. The molecule has 0 aliphatic heterocycles. The molecule has 0 aliphatic carbocycles. The molecule has 0 spiro atoms. The Morgan fingerprint density at radius 2 is 1.32 bits per heavy atom.